The van der Waals surface area contributed by atoms with Crippen LogP contribution in [-0.4, -0.2) is 13.2 Å². The van der Waals surface area contributed by atoms with Crippen molar-refractivity contribution in [3.63, 3.8) is 0 Å². The van der Waals surface area contributed by atoms with Gasteiger partial charge in [-0.1, -0.05) is 94.2 Å². The molecule has 0 radical (unpaired) electrons. The molecule has 1 aliphatic rings. The SMILES string of the molecule is CCCCC1(CC)COP(Oc2c(C(C)(C)C)cc(CC(C)C)cc2C(C)(C)C)OC1. The molecule has 3 nitrogen and oxygen atoms in total. The second-order valence-corrected chi connectivity index (χ2v) is 13.1. The van der Waals surface area contributed by atoms with E-state index in [2.05, 4.69) is 81.4 Å². The first-order chi connectivity index (χ1) is 14.3. The maximum atomic E-state index is 6.59. The largest absolute Gasteiger partial charge is 0.426 e. The molecule has 0 bridgehead atoms. The average molecular weight is 451 g/mol. The van der Waals surface area contributed by atoms with Gasteiger partial charge in [0.2, 0.25) is 0 Å². The molecule has 0 saturated carbocycles. The number of hydrogen-bond donors (Lipinski definition) is 0. The van der Waals surface area contributed by atoms with Crippen LogP contribution in [0.25, 0.3) is 0 Å². The lowest BCUT2D eigenvalue weighted by molar-refractivity contribution is 0.00783. The smallest absolute Gasteiger partial charge is 0.397 e. The van der Waals surface area contributed by atoms with Gasteiger partial charge in [0.25, 0.3) is 0 Å². The van der Waals surface area contributed by atoms with Crippen LogP contribution in [0.2, 0.25) is 0 Å². The van der Waals surface area contributed by atoms with Gasteiger partial charge in [0, 0.05) is 16.5 Å². The topological polar surface area (TPSA) is 27.7 Å². The van der Waals surface area contributed by atoms with Gasteiger partial charge >= 0.3 is 8.60 Å². The molecule has 0 aromatic heterocycles. The molecule has 1 aromatic rings. The Morgan fingerprint density at radius 1 is 0.968 bits per heavy atom. The molecular weight excluding hydrogens is 403 g/mol. The molecule has 0 amide bonds. The molecule has 1 aromatic carbocycles. The number of hydrogen-bond acceptors (Lipinski definition) is 3. The maximum absolute atomic E-state index is 6.59. The van der Waals surface area contributed by atoms with E-state index >= 15 is 0 Å². The summed E-state index contributed by atoms with van der Waals surface area (Å²) in [5.74, 6) is 1.59. The van der Waals surface area contributed by atoms with Crippen LogP contribution in [0, 0.1) is 11.3 Å². The zero-order valence-electron chi connectivity index (χ0n) is 21.9. The third-order valence-corrected chi connectivity index (χ3v) is 7.35. The molecule has 1 fully saturated rings. The monoisotopic (exact) mass is 450 g/mol. The first-order valence-corrected chi connectivity index (χ1v) is 13.3. The van der Waals surface area contributed by atoms with Crippen molar-refractivity contribution in [3.05, 3.63) is 28.8 Å². The van der Waals surface area contributed by atoms with E-state index in [0.717, 1.165) is 38.2 Å². The van der Waals surface area contributed by atoms with Gasteiger partial charge in [0.1, 0.15) is 5.75 Å². The van der Waals surface area contributed by atoms with E-state index in [-0.39, 0.29) is 16.2 Å². The zero-order valence-corrected chi connectivity index (χ0v) is 22.7. The summed E-state index contributed by atoms with van der Waals surface area (Å²) in [4.78, 5) is 0. The Bertz CT molecular complexity index is 669. The van der Waals surface area contributed by atoms with Crippen molar-refractivity contribution in [2.75, 3.05) is 13.2 Å². The molecule has 178 valence electrons. The van der Waals surface area contributed by atoms with Crippen LogP contribution >= 0.6 is 8.60 Å². The second kappa shape index (κ2) is 10.5. The fraction of sp³-hybridized carbons (Fsp3) is 0.778. The molecule has 2 rings (SSSR count). The predicted octanol–water partition coefficient (Wildman–Crippen LogP) is 8.72. The van der Waals surface area contributed by atoms with Crippen LogP contribution in [0.15, 0.2) is 12.1 Å². The summed E-state index contributed by atoms with van der Waals surface area (Å²) >= 11 is 0. The number of benzene rings is 1. The summed E-state index contributed by atoms with van der Waals surface area (Å²) in [7, 11) is -1.38. The third-order valence-electron chi connectivity index (χ3n) is 6.34. The van der Waals surface area contributed by atoms with Gasteiger partial charge in [-0.3, -0.25) is 0 Å². The van der Waals surface area contributed by atoms with Gasteiger partial charge in [0.15, 0.2) is 0 Å². The Morgan fingerprint density at radius 3 is 1.87 bits per heavy atom. The van der Waals surface area contributed by atoms with Crippen LogP contribution in [0.3, 0.4) is 0 Å². The Kier molecular flexibility index (Phi) is 9.05. The fourth-order valence-electron chi connectivity index (χ4n) is 4.15. The fourth-order valence-corrected chi connectivity index (χ4v) is 5.44. The summed E-state index contributed by atoms with van der Waals surface area (Å²) in [6, 6.07) is 4.70. The molecule has 31 heavy (non-hydrogen) atoms. The number of unbranched alkanes of at least 4 members (excludes halogenated alkanes) is 1. The minimum Gasteiger partial charge on any atom is -0.426 e. The van der Waals surface area contributed by atoms with Crippen molar-refractivity contribution in [2.24, 2.45) is 11.3 Å². The standard InChI is InChI=1S/C27H47O3P/c1-11-13-14-27(12-2)18-28-31(29-19-27)30-24-22(25(5,6)7)16-21(15-20(3)4)17-23(24)26(8,9)10/h16-17,20H,11-15,18-19H2,1-10H3. The lowest BCUT2D eigenvalue weighted by Crippen LogP contribution is -2.35. The minimum absolute atomic E-state index is 0.0260. The molecule has 0 spiro atoms. The van der Waals surface area contributed by atoms with Crippen molar-refractivity contribution in [1.82, 2.24) is 0 Å². The first-order valence-electron chi connectivity index (χ1n) is 12.2. The van der Waals surface area contributed by atoms with Crippen molar-refractivity contribution in [2.45, 2.75) is 112 Å². The lowest BCUT2D eigenvalue weighted by Gasteiger charge is -2.39. The molecule has 0 atom stereocenters. The Labute approximate surface area is 193 Å². The van der Waals surface area contributed by atoms with E-state index in [0.29, 0.717) is 5.92 Å². The molecule has 1 heterocycles. The maximum Gasteiger partial charge on any atom is 0.397 e. The quantitative estimate of drug-likeness (QED) is 0.371. The van der Waals surface area contributed by atoms with Crippen LogP contribution < -0.4 is 4.52 Å². The van der Waals surface area contributed by atoms with Crippen molar-refractivity contribution < 1.29 is 13.6 Å². The third kappa shape index (κ3) is 7.18. The Balaban J connectivity index is 2.37. The van der Waals surface area contributed by atoms with Crippen LogP contribution in [0.4, 0.5) is 0 Å². The van der Waals surface area contributed by atoms with Crippen LogP contribution in [0.5, 0.6) is 5.75 Å². The Hall–Kier alpha value is -0.630. The summed E-state index contributed by atoms with van der Waals surface area (Å²) in [5, 5.41) is 0. The van der Waals surface area contributed by atoms with Gasteiger partial charge in [0.05, 0.1) is 13.2 Å². The molecular formula is C27H47O3P. The second-order valence-electron chi connectivity index (χ2n) is 11.9. The van der Waals surface area contributed by atoms with E-state index in [9.17, 15) is 0 Å². The van der Waals surface area contributed by atoms with E-state index in [1.54, 1.807) is 0 Å². The highest BCUT2D eigenvalue weighted by molar-refractivity contribution is 7.42. The molecule has 1 aliphatic heterocycles. The molecule has 0 N–H and O–H groups in total. The highest BCUT2D eigenvalue weighted by Gasteiger charge is 2.38. The highest BCUT2D eigenvalue weighted by atomic mass is 31.2. The van der Waals surface area contributed by atoms with Gasteiger partial charge in [-0.05, 0) is 41.6 Å². The molecule has 0 aliphatic carbocycles. The normalized spacial score (nSPS) is 22.7. The summed E-state index contributed by atoms with van der Waals surface area (Å²) in [6.07, 6.45) is 5.75. The first kappa shape index (κ1) is 26.6. The molecule has 0 unspecified atom stereocenters. The van der Waals surface area contributed by atoms with Crippen LogP contribution in [-0.2, 0) is 26.3 Å². The van der Waals surface area contributed by atoms with Crippen molar-refractivity contribution in [3.8, 4) is 5.75 Å². The summed E-state index contributed by atoms with van der Waals surface area (Å²) < 4.78 is 19.1. The van der Waals surface area contributed by atoms with E-state index in [1.165, 1.54) is 29.5 Å². The summed E-state index contributed by atoms with van der Waals surface area (Å²) in [5.41, 5.74) is 3.98. The van der Waals surface area contributed by atoms with Gasteiger partial charge < -0.3 is 13.6 Å². The van der Waals surface area contributed by atoms with Gasteiger partial charge in [-0.15, -0.1) is 0 Å². The van der Waals surface area contributed by atoms with E-state index in [4.69, 9.17) is 13.6 Å². The summed E-state index contributed by atoms with van der Waals surface area (Å²) in [6.45, 7) is 24.1. The predicted molar refractivity (Wildman–Crippen MR) is 134 cm³/mol. The lowest BCUT2D eigenvalue weighted by atomic mass is 9.77. The van der Waals surface area contributed by atoms with E-state index < -0.39 is 8.60 Å². The Morgan fingerprint density at radius 2 is 1.48 bits per heavy atom. The van der Waals surface area contributed by atoms with Crippen molar-refractivity contribution >= 4 is 8.60 Å². The zero-order chi connectivity index (χ0) is 23.4. The molecule has 4 heteroatoms. The van der Waals surface area contributed by atoms with Gasteiger partial charge in [-0.25, -0.2) is 0 Å². The number of rotatable bonds is 8. The molecule has 1 saturated heterocycles. The highest BCUT2D eigenvalue weighted by Crippen LogP contribution is 2.53. The minimum atomic E-state index is -1.38. The van der Waals surface area contributed by atoms with Crippen molar-refractivity contribution in [1.29, 1.82) is 0 Å². The van der Waals surface area contributed by atoms with Crippen LogP contribution in [0.1, 0.15) is 112 Å². The van der Waals surface area contributed by atoms with Gasteiger partial charge in [-0.2, -0.15) is 0 Å². The van der Waals surface area contributed by atoms with E-state index in [1.807, 2.05) is 0 Å². The average Bonchev–Trinajstić information content (AvgIpc) is 2.66.